The number of aliphatic hydroxyl groups is 1. The van der Waals surface area contributed by atoms with Gasteiger partial charge in [0, 0.05) is 12.0 Å². The smallest absolute Gasteiger partial charge is 0.0763 e. The number of hydrogen-bond acceptors (Lipinski definition) is 2. The van der Waals surface area contributed by atoms with E-state index in [9.17, 15) is 5.11 Å². The zero-order valence-electron chi connectivity index (χ0n) is 13.3. The minimum Gasteiger partial charge on any atom is -0.391 e. The minimum absolute atomic E-state index is 0.129. The quantitative estimate of drug-likeness (QED) is 0.851. The number of benzene rings is 1. The minimum atomic E-state index is -0.335. The molecule has 1 aromatic rings. The molecule has 2 heteroatoms. The molecule has 0 aromatic heterocycles. The van der Waals surface area contributed by atoms with Crippen molar-refractivity contribution in [1.29, 1.82) is 0 Å². The maximum absolute atomic E-state index is 10.8. The Kier molecular flexibility index (Phi) is 5.57. The molecule has 1 atom stereocenters. The molecule has 0 bridgehead atoms. The summed E-state index contributed by atoms with van der Waals surface area (Å²) >= 11 is 0. The first-order valence-corrected chi connectivity index (χ1v) is 7.29. The Balaban J connectivity index is 2.99. The van der Waals surface area contributed by atoms with Crippen LogP contribution in [-0.4, -0.2) is 35.7 Å². The average molecular weight is 263 g/mol. The third kappa shape index (κ3) is 3.37. The second-order valence-corrected chi connectivity index (χ2v) is 5.85. The molecule has 0 aliphatic rings. The third-order valence-electron chi connectivity index (χ3n) is 4.65. The van der Waals surface area contributed by atoms with E-state index in [1.807, 2.05) is 0 Å². The first-order chi connectivity index (χ1) is 8.87. The molecule has 1 aromatic carbocycles. The van der Waals surface area contributed by atoms with Crippen molar-refractivity contribution >= 4 is 0 Å². The summed E-state index contributed by atoms with van der Waals surface area (Å²) in [6, 6.07) is 6.47. The van der Waals surface area contributed by atoms with E-state index in [-0.39, 0.29) is 11.6 Å². The molecular weight excluding hydrogens is 234 g/mol. The molecule has 2 nitrogen and oxygen atoms in total. The van der Waals surface area contributed by atoms with Crippen LogP contribution in [0.25, 0.3) is 0 Å². The lowest BCUT2D eigenvalue weighted by molar-refractivity contribution is -0.0126. The van der Waals surface area contributed by atoms with Crippen molar-refractivity contribution in [2.45, 2.75) is 58.6 Å². The first-order valence-electron chi connectivity index (χ1n) is 7.29. The summed E-state index contributed by atoms with van der Waals surface area (Å²) in [7, 11) is 4.14. The lowest BCUT2D eigenvalue weighted by atomic mass is 9.81. The van der Waals surface area contributed by atoms with Gasteiger partial charge in [0.05, 0.1) is 6.10 Å². The van der Waals surface area contributed by atoms with Gasteiger partial charge in [0.25, 0.3) is 0 Å². The highest BCUT2D eigenvalue weighted by Crippen LogP contribution is 2.28. The van der Waals surface area contributed by atoms with Crippen LogP contribution in [-0.2, 0) is 6.42 Å². The maximum Gasteiger partial charge on any atom is 0.0763 e. The maximum atomic E-state index is 10.8. The summed E-state index contributed by atoms with van der Waals surface area (Å²) in [4.78, 5) is 2.18. The molecule has 0 aliphatic carbocycles. The molecule has 0 saturated heterocycles. The van der Waals surface area contributed by atoms with Crippen LogP contribution >= 0.6 is 0 Å². The third-order valence-corrected chi connectivity index (χ3v) is 4.65. The number of nitrogens with zero attached hydrogens (tertiary/aromatic N) is 1. The molecule has 0 radical (unpaired) electrons. The van der Waals surface area contributed by atoms with Gasteiger partial charge in [-0.2, -0.15) is 0 Å². The summed E-state index contributed by atoms with van der Waals surface area (Å²) in [5, 5.41) is 10.8. The monoisotopic (exact) mass is 263 g/mol. The van der Waals surface area contributed by atoms with Crippen molar-refractivity contribution in [1.82, 2.24) is 4.90 Å². The zero-order valence-corrected chi connectivity index (χ0v) is 13.3. The van der Waals surface area contributed by atoms with Crippen molar-refractivity contribution in [2.24, 2.45) is 0 Å². The van der Waals surface area contributed by atoms with Gasteiger partial charge >= 0.3 is 0 Å². The molecule has 0 fully saturated rings. The average Bonchev–Trinajstić information content (AvgIpc) is 2.35. The molecule has 0 saturated carbocycles. The van der Waals surface area contributed by atoms with Gasteiger partial charge in [-0.25, -0.2) is 0 Å². The number of hydrogen-bond donors (Lipinski definition) is 1. The van der Waals surface area contributed by atoms with Crippen LogP contribution in [0.1, 0.15) is 43.4 Å². The summed E-state index contributed by atoms with van der Waals surface area (Å²) in [6.45, 7) is 8.55. The fourth-order valence-corrected chi connectivity index (χ4v) is 3.07. The normalized spacial score (nSPS) is 13.9. The van der Waals surface area contributed by atoms with E-state index in [4.69, 9.17) is 0 Å². The van der Waals surface area contributed by atoms with Gasteiger partial charge in [-0.15, -0.1) is 0 Å². The largest absolute Gasteiger partial charge is 0.391 e. The van der Waals surface area contributed by atoms with Crippen molar-refractivity contribution in [3.05, 3.63) is 34.9 Å². The Morgan fingerprint density at radius 2 is 1.74 bits per heavy atom. The highest BCUT2D eigenvalue weighted by atomic mass is 16.3. The van der Waals surface area contributed by atoms with Crippen LogP contribution in [0.5, 0.6) is 0 Å². The Morgan fingerprint density at radius 1 is 1.16 bits per heavy atom. The second kappa shape index (κ2) is 6.53. The van der Waals surface area contributed by atoms with Crippen LogP contribution in [0, 0.1) is 13.8 Å². The molecule has 19 heavy (non-hydrogen) atoms. The van der Waals surface area contributed by atoms with E-state index in [2.05, 4.69) is 64.9 Å². The van der Waals surface area contributed by atoms with E-state index >= 15 is 0 Å². The molecule has 0 heterocycles. The number of likely N-dealkylation sites (N-methyl/N-ethyl adjacent to an activating group) is 1. The molecular formula is C17H29NO. The first kappa shape index (κ1) is 16.2. The van der Waals surface area contributed by atoms with E-state index < -0.39 is 0 Å². The van der Waals surface area contributed by atoms with Crippen LogP contribution in [0.15, 0.2) is 18.2 Å². The predicted molar refractivity (Wildman–Crippen MR) is 82.6 cm³/mol. The Hall–Kier alpha value is -0.860. The van der Waals surface area contributed by atoms with Crippen molar-refractivity contribution in [3.8, 4) is 0 Å². The van der Waals surface area contributed by atoms with E-state index in [0.29, 0.717) is 0 Å². The fraction of sp³-hybridized carbons (Fsp3) is 0.647. The van der Waals surface area contributed by atoms with Gasteiger partial charge in [0.2, 0.25) is 0 Å². The standard InChI is InChI=1S/C17H29NO/c1-7-17(8-2,18(5)6)16(19)12-15-11-13(3)9-10-14(15)4/h9-11,16,19H,7-8,12H2,1-6H3. The SMILES string of the molecule is CCC(CC)(C(O)Cc1cc(C)ccc1C)N(C)C. The van der Waals surface area contributed by atoms with E-state index in [1.54, 1.807) is 0 Å². The van der Waals surface area contributed by atoms with Gasteiger partial charge in [-0.05, 0) is 51.9 Å². The topological polar surface area (TPSA) is 23.5 Å². The van der Waals surface area contributed by atoms with E-state index in [0.717, 1.165) is 19.3 Å². The van der Waals surface area contributed by atoms with Crippen molar-refractivity contribution in [2.75, 3.05) is 14.1 Å². The summed E-state index contributed by atoms with van der Waals surface area (Å²) in [5.74, 6) is 0. The fourth-order valence-electron chi connectivity index (χ4n) is 3.07. The van der Waals surface area contributed by atoms with Gasteiger partial charge in [0.1, 0.15) is 0 Å². The molecule has 1 rings (SSSR count). The lowest BCUT2D eigenvalue weighted by Crippen LogP contribution is -2.53. The van der Waals surface area contributed by atoms with Gasteiger partial charge in [-0.3, -0.25) is 0 Å². The summed E-state index contributed by atoms with van der Waals surface area (Å²) < 4.78 is 0. The van der Waals surface area contributed by atoms with Crippen molar-refractivity contribution < 1.29 is 5.11 Å². The summed E-state index contributed by atoms with van der Waals surface area (Å²) in [5.41, 5.74) is 3.66. The number of aliphatic hydroxyl groups excluding tert-OH is 1. The lowest BCUT2D eigenvalue weighted by Gasteiger charge is -2.43. The molecule has 1 unspecified atom stereocenters. The molecule has 0 spiro atoms. The molecule has 0 aliphatic heterocycles. The van der Waals surface area contributed by atoms with Crippen molar-refractivity contribution in [3.63, 3.8) is 0 Å². The predicted octanol–water partition coefficient (Wildman–Crippen LogP) is 3.33. The molecule has 0 amide bonds. The molecule has 108 valence electrons. The Labute approximate surface area is 118 Å². The van der Waals surface area contributed by atoms with Gasteiger partial charge < -0.3 is 10.0 Å². The van der Waals surface area contributed by atoms with Gasteiger partial charge in [0.15, 0.2) is 0 Å². The highest BCUT2D eigenvalue weighted by molar-refractivity contribution is 5.31. The Morgan fingerprint density at radius 3 is 2.21 bits per heavy atom. The Bertz CT molecular complexity index is 408. The zero-order chi connectivity index (χ0) is 14.6. The number of rotatable bonds is 6. The van der Waals surface area contributed by atoms with Crippen LogP contribution in [0.4, 0.5) is 0 Å². The van der Waals surface area contributed by atoms with Crippen LogP contribution < -0.4 is 0 Å². The van der Waals surface area contributed by atoms with Crippen LogP contribution in [0.2, 0.25) is 0 Å². The molecule has 1 N–H and O–H groups in total. The highest BCUT2D eigenvalue weighted by Gasteiger charge is 2.36. The van der Waals surface area contributed by atoms with Crippen LogP contribution in [0.3, 0.4) is 0 Å². The second-order valence-electron chi connectivity index (χ2n) is 5.85. The van der Waals surface area contributed by atoms with Gasteiger partial charge in [-0.1, -0.05) is 37.6 Å². The number of aryl methyl sites for hydroxylation is 2. The summed E-state index contributed by atoms with van der Waals surface area (Å²) in [6.07, 6.45) is 2.32. The van der Waals surface area contributed by atoms with E-state index in [1.165, 1.54) is 16.7 Å².